The number of hydrogen-bond acceptors (Lipinski definition) is 3. The third kappa shape index (κ3) is 5.99. The van der Waals surface area contributed by atoms with E-state index in [0.29, 0.717) is 12.5 Å². The van der Waals surface area contributed by atoms with Crippen LogP contribution in [0.5, 0.6) is 5.75 Å². The zero-order valence-corrected chi connectivity index (χ0v) is 18.4. The Labute approximate surface area is 179 Å². The van der Waals surface area contributed by atoms with Gasteiger partial charge in [-0.3, -0.25) is 4.79 Å². The lowest BCUT2D eigenvalue weighted by Crippen LogP contribution is -2.48. The van der Waals surface area contributed by atoms with Crippen LogP contribution in [0.15, 0.2) is 47.5 Å². The third-order valence-electron chi connectivity index (χ3n) is 5.36. The van der Waals surface area contributed by atoms with Crippen molar-refractivity contribution in [2.24, 2.45) is 4.99 Å². The maximum Gasteiger partial charge on any atom is 0.241 e. The Kier molecular flexibility index (Phi) is 7.33. The topological polar surface area (TPSA) is 66.0 Å². The van der Waals surface area contributed by atoms with Gasteiger partial charge in [-0.1, -0.05) is 30.3 Å². The monoisotopic (exact) mass is 408 g/mol. The predicted octanol–water partition coefficient (Wildman–Crippen LogP) is 2.68. The number of aliphatic imine (C=N–C) groups is 1. The highest BCUT2D eigenvalue weighted by Crippen LogP contribution is 2.21. The summed E-state index contributed by atoms with van der Waals surface area (Å²) in [7, 11) is 5.18. The van der Waals surface area contributed by atoms with Gasteiger partial charge in [-0.15, -0.1) is 0 Å². The Morgan fingerprint density at radius 3 is 2.70 bits per heavy atom. The van der Waals surface area contributed by atoms with Crippen LogP contribution in [0.4, 0.5) is 0 Å². The summed E-state index contributed by atoms with van der Waals surface area (Å²) < 4.78 is 5.37. The molecule has 0 saturated carbocycles. The molecule has 6 nitrogen and oxygen atoms in total. The molecule has 6 heteroatoms. The van der Waals surface area contributed by atoms with Crippen LogP contribution in [0.1, 0.15) is 28.7 Å². The number of carbonyl (C=O) groups excluding carboxylic acids is 1. The molecular weight excluding hydrogens is 376 g/mol. The molecular formula is C24H32N4O2. The van der Waals surface area contributed by atoms with Gasteiger partial charge in [0, 0.05) is 20.1 Å². The number of nitrogens with one attached hydrogen (secondary N) is 2. The van der Waals surface area contributed by atoms with Gasteiger partial charge in [-0.25, -0.2) is 4.99 Å². The smallest absolute Gasteiger partial charge is 0.241 e. The van der Waals surface area contributed by atoms with Gasteiger partial charge in [-0.2, -0.15) is 0 Å². The van der Waals surface area contributed by atoms with Crippen molar-refractivity contribution in [3.8, 4) is 5.75 Å². The summed E-state index contributed by atoms with van der Waals surface area (Å²) in [6.45, 7) is 2.76. The quantitative estimate of drug-likeness (QED) is 0.570. The summed E-state index contributed by atoms with van der Waals surface area (Å²) in [5.41, 5.74) is 5.01. The van der Waals surface area contributed by atoms with Crippen molar-refractivity contribution in [2.45, 2.75) is 38.8 Å². The van der Waals surface area contributed by atoms with Crippen molar-refractivity contribution < 1.29 is 9.53 Å². The van der Waals surface area contributed by atoms with Crippen molar-refractivity contribution in [3.05, 3.63) is 64.7 Å². The van der Waals surface area contributed by atoms with Gasteiger partial charge in [0.15, 0.2) is 5.96 Å². The van der Waals surface area contributed by atoms with Crippen molar-refractivity contribution in [3.63, 3.8) is 0 Å². The number of hydrogen-bond donors (Lipinski definition) is 2. The highest BCUT2D eigenvalue weighted by molar-refractivity contribution is 5.86. The van der Waals surface area contributed by atoms with E-state index in [1.165, 1.54) is 11.1 Å². The molecule has 0 aliphatic heterocycles. The number of amides is 1. The Hall–Kier alpha value is -3.02. The van der Waals surface area contributed by atoms with Gasteiger partial charge in [0.05, 0.1) is 20.2 Å². The zero-order chi connectivity index (χ0) is 21.5. The normalized spacial score (nSPS) is 15.9. The molecule has 0 fully saturated rings. The number of carbonyl (C=O) groups is 1. The number of rotatable bonds is 6. The maximum absolute atomic E-state index is 12.1. The molecule has 0 heterocycles. The third-order valence-corrected chi connectivity index (χ3v) is 5.36. The molecule has 1 unspecified atom stereocenters. The largest absolute Gasteiger partial charge is 0.497 e. The molecule has 0 aromatic heterocycles. The second-order valence-corrected chi connectivity index (χ2v) is 8.02. The molecule has 0 saturated heterocycles. The fourth-order valence-electron chi connectivity index (χ4n) is 3.69. The van der Waals surface area contributed by atoms with Crippen LogP contribution in [0.2, 0.25) is 0 Å². The summed E-state index contributed by atoms with van der Waals surface area (Å²) >= 11 is 0. The molecule has 2 N–H and O–H groups in total. The first kappa shape index (κ1) is 21.7. The summed E-state index contributed by atoms with van der Waals surface area (Å²) in [5.74, 6) is 1.50. The Morgan fingerprint density at radius 1 is 1.20 bits per heavy atom. The number of ether oxygens (including phenoxy) is 1. The van der Waals surface area contributed by atoms with Crippen LogP contribution >= 0.6 is 0 Å². The van der Waals surface area contributed by atoms with E-state index in [9.17, 15) is 4.79 Å². The van der Waals surface area contributed by atoms with E-state index in [-0.39, 0.29) is 18.5 Å². The van der Waals surface area contributed by atoms with Crippen LogP contribution in [0.3, 0.4) is 0 Å². The second-order valence-electron chi connectivity index (χ2n) is 8.02. The molecule has 2 aromatic carbocycles. The Bertz CT molecular complexity index is 908. The van der Waals surface area contributed by atoms with Gasteiger partial charge in [-0.05, 0) is 60.6 Å². The van der Waals surface area contributed by atoms with Gasteiger partial charge >= 0.3 is 0 Å². The highest BCUT2D eigenvalue weighted by atomic mass is 16.5. The minimum absolute atomic E-state index is 0.00992. The molecule has 2 aromatic rings. The summed E-state index contributed by atoms with van der Waals surface area (Å²) in [4.78, 5) is 18.4. The van der Waals surface area contributed by atoms with E-state index in [0.717, 1.165) is 36.1 Å². The standard InChI is InChI=1S/C24H32N4O2/c1-17-11-18(13-22(12-17)30-4)15-25-24(26-16-23(29)28(2)3)27-21-10-9-19-7-5-6-8-20(19)14-21/h5-8,11-13,21H,9-10,14-16H2,1-4H3,(H2,25,26,27). The van der Waals surface area contributed by atoms with Crippen LogP contribution in [-0.2, 0) is 24.2 Å². The van der Waals surface area contributed by atoms with Crippen molar-refractivity contribution in [2.75, 3.05) is 27.7 Å². The number of nitrogens with zero attached hydrogens (tertiary/aromatic N) is 2. The molecule has 3 rings (SSSR count). The van der Waals surface area contributed by atoms with E-state index < -0.39 is 0 Å². The molecule has 30 heavy (non-hydrogen) atoms. The lowest BCUT2D eigenvalue weighted by Gasteiger charge is -2.27. The predicted molar refractivity (Wildman–Crippen MR) is 121 cm³/mol. The van der Waals surface area contributed by atoms with E-state index in [2.05, 4.69) is 41.0 Å². The van der Waals surface area contributed by atoms with Crippen LogP contribution in [0.25, 0.3) is 0 Å². The lowest BCUT2D eigenvalue weighted by atomic mass is 9.88. The minimum Gasteiger partial charge on any atom is -0.497 e. The Morgan fingerprint density at radius 2 is 1.97 bits per heavy atom. The first-order chi connectivity index (χ1) is 14.4. The second kappa shape index (κ2) is 10.1. The molecule has 1 aliphatic carbocycles. The van der Waals surface area contributed by atoms with E-state index in [1.54, 1.807) is 26.1 Å². The number of aryl methyl sites for hydroxylation is 2. The number of benzene rings is 2. The number of fused-ring (bicyclic) bond motifs is 1. The number of methoxy groups -OCH3 is 1. The molecule has 160 valence electrons. The first-order valence-electron chi connectivity index (χ1n) is 10.4. The summed E-state index contributed by atoms with van der Waals surface area (Å²) in [6.07, 6.45) is 3.04. The maximum atomic E-state index is 12.1. The van der Waals surface area contributed by atoms with Crippen LogP contribution < -0.4 is 15.4 Å². The van der Waals surface area contributed by atoms with Gasteiger partial charge in [0.2, 0.25) is 5.91 Å². The molecule has 0 bridgehead atoms. The number of likely N-dealkylation sites (N-methyl/N-ethyl adjacent to an activating group) is 1. The van der Waals surface area contributed by atoms with E-state index >= 15 is 0 Å². The van der Waals surface area contributed by atoms with Crippen molar-refractivity contribution in [1.29, 1.82) is 0 Å². The summed E-state index contributed by atoms with van der Waals surface area (Å²) in [5, 5.41) is 6.74. The first-order valence-corrected chi connectivity index (χ1v) is 10.4. The van der Waals surface area contributed by atoms with E-state index in [1.807, 2.05) is 19.1 Å². The highest BCUT2D eigenvalue weighted by Gasteiger charge is 2.19. The van der Waals surface area contributed by atoms with Gasteiger partial charge in [0.25, 0.3) is 0 Å². The van der Waals surface area contributed by atoms with Crippen molar-refractivity contribution in [1.82, 2.24) is 15.5 Å². The summed E-state index contributed by atoms with van der Waals surface area (Å²) in [6, 6.07) is 15.0. The fourth-order valence-corrected chi connectivity index (χ4v) is 3.69. The Balaban J connectivity index is 1.72. The van der Waals surface area contributed by atoms with Crippen LogP contribution in [-0.4, -0.2) is 50.6 Å². The molecule has 0 spiro atoms. The molecule has 1 amide bonds. The van der Waals surface area contributed by atoms with Crippen LogP contribution in [0, 0.1) is 6.92 Å². The fraction of sp³-hybridized carbons (Fsp3) is 0.417. The van der Waals surface area contributed by atoms with Crippen molar-refractivity contribution >= 4 is 11.9 Å². The molecule has 0 radical (unpaired) electrons. The van der Waals surface area contributed by atoms with Gasteiger partial charge < -0.3 is 20.3 Å². The molecule has 1 aliphatic rings. The minimum atomic E-state index is 0.00992. The average molecular weight is 409 g/mol. The van der Waals surface area contributed by atoms with E-state index in [4.69, 9.17) is 9.73 Å². The average Bonchev–Trinajstić information content (AvgIpc) is 2.74. The SMILES string of the molecule is COc1cc(C)cc(CN=C(NCC(=O)N(C)C)NC2CCc3ccccc3C2)c1. The number of guanidine groups is 1. The molecule has 1 atom stereocenters. The lowest BCUT2D eigenvalue weighted by molar-refractivity contribution is -0.127. The van der Waals surface area contributed by atoms with Gasteiger partial charge in [0.1, 0.15) is 5.75 Å². The zero-order valence-electron chi connectivity index (χ0n) is 18.4.